The Morgan fingerprint density at radius 2 is 1.70 bits per heavy atom. The summed E-state index contributed by atoms with van der Waals surface area (Å²) in [7, 11) is 1.34. The van der Waals surface area contributed by atoms with E-state index in [-0.39, 0.29) is 17.9 Å². The number of rotatable bonds is 5. The van der Waals surface area contributed by atoms with Gasteiger partial charge >= 0.3 is 5.97 Å². The third-order valence-electron chi connectivity index (χ3n) is 3.42. The first-order chi connectivity index (χ1) is 11.1. The number of esters is 1. The zero-order valence-corrected chi connectivity index (χ0v) is 13.2. The van der Waals surface area contributed by atoms with E-state index in [1.807, 2.05) is 37.3 Å². The molecule has 1 unspecified atom stereocenters. The lowest BCUT2D eigenvalue weighted by atomic mass is 10.1. The van der Waals surface area contributed by atoms with E-state index in [2.05, 4.69) is 10.1 Å². The summed E-state index contributed by atoms with van der Waals surface area (Å²) in [6, 6.07) is 16.6. The first kappa shape index (κ1) is 16.5. The average Bonchev–Trinajstić information content (AvgIpc) is 2.60. The predicted octanol–water partition coefficient (Wildman–Crippen LogP) is 3.36. The van der Waals surface area contributed by atoms with E-state index in [9.17, 15) is 9.59 Å². The fourth-order valence-electron chi connectivity index (χ4n) is 2.11. The molecule has 0 radical (unpaired) electrons. The molecule has 0 heterocycles. The van der Waals surface area contributed by atoms with Crippen molar-refractivity contribution in [3.8, 4) is 0 Å². The van der Waals surface area contributed by atoms with E-state index in [1.54, 1.807) is 30.3 Å². The molecular weight excluding hydrogens is 290 g/mol. The highest BCUT2D eigenvalue weighted by Gasteiger charge is 2.07. The number of ether oxygens (including phenoxy) is 1. The standard InChI is InChI=1S/C19H19NO3/c1-14(16-6-4-3-5-7-16)20-18(21)13-10-15-8-11-17(12-9-15)19(22)23-2/h3-14H,1-2H3,(H,20,21)/b13-10+. The monoisotopic (exact) mass is 309 g/mol. The number of hydrogen-bond acceptors (Lipinski definition) is 3. The Morgan fingerprint density at radius 3 is 2.30 bits per heavy atom. The number of carbonyl (C=O) groups excluding carboxylic acids is 2. The van der Waals surface area contributed by atoms with Gasteiger partial charge in [-0.1, -0.05) is 42.5 Å². The summed E-state index contributed by atoms with van der Waals surface area (Å²) in [5.41, 5.74) is 2.36. The van der Waals surface area contributed by atoms with Crippen molar-refractivity contribution < 1.29 is 14.3 Å². The van der Waals surface area contributed by atoms with Gasteiger partial charge in [0.1, 0.15) is 0 Å². The van der Waals surface area contributed by atoms with Crippen LogP contribution in [0.1, 0.15) is 34.5 Å². The largest absolute Gasteiger partial charge is 0.465 e. The second kappa shape index (κ2) is 7.94. The Labute approximate surface area is 135 Å². The Bertz CT molecular complexity index is 690. The molecule has 118 valence electrons. The van der Waals surface area contributed by atoms with Crippen LogP contribution in [0.15, 0.2) is 60.7 Å². The maximum Gasteiger partial charge on any atom is 0.337 e. The van der Waals surface area contributed by atoms with Crippen molar-refractivity contribution in [1.82, 2.24) is 5.32 Å². The minimum atomic E-state index is -0.380. The summed E-state index contributed by atoms with van der Waals surface area (Å²) in [6.07, 6.45) is 3.18. The van der Waals surface area contributed by atoms with Crippen molar-refractivity contribution in [2.75, 3.05) is 7.11 Å². The molecule has 0 aliphatic rings. The fourth-order valence-corrected chi connectivity index (χ4v) is 2.11. The highest BCUT2D eigenvalue weighted by molar-refractivity contribution is 5.92. The normalized spacial score (nSPS) is 11.9. The molecule has 1 N–H and O–H groups in total. The number of nitrogens with one attached hydrogen (secondary N) is 1. The zero-order chi connectivity index (χ0) is 16.7. The van der Waals surface area contributed by atoms with Gasteiger partial charge in [0.05, 0.1) is 18.7 Å². The molecule has 0 aliphatic carbocycles. The number of hydrogen-bond donors (Lipinski definition) is 1. The number of benzene rings is 2. The van der Waals surface area contributed by atoms with Crippen molar-refractivity contribution in [3.05, 3.63) is 77.4 Å². The molecule has 1 amide bonds. The Kier molecular flexibility index (Phi) is 5.69. The molecule has 0 saturated carbocycles. The summed E-state index contributed by atoms with van der Waals surface area (Å²) < 4.78 is 4.64. The molecule has 4 heteroatoms. The topological polar surface area (TPSA) is 55.4 Å². The lowest BCUT2D eigenvalue weighted by Gasteiger charge is -2.12. The fraction of sp³-hybridized carbons (Fsp3) is 0.158. The molecule has 2 aromatic rings. The van der Waals surface area contributed by atoms with E-state index >= 15 is 0 Å². The molecule has 0 aromatic heterocycles. The van der Waals surface area contributed by atoms with Gasteiger partial charge in [-0.15, -0.1) is 0 Å². The van der Waals surface area contributed by atoms with Gasteiger partial charge in [-0.3, -0.25) is 4.79 Å². The van der Waals surface area contributed by atoms with Crippen LogP contribution in [0.5, 0.6) is 0 Å². The van der Waals surface area contributed by atoms with Crippen molar-refractivity contribution in [3.63, 3.8) is 0 Å². The van der Waals surface area contributed by atoms with E-state index in [0.717, 1.165) is 11.1 Å². The van der Waals surface area contributed by atoms with E-state index in [1.165, 1.54) is 13.2 Å². The highest BCUT2D eigenvalue weighted by Crippen LogP contribution is 2.11. The van der Waals surface area contributed by atoms with Gasteiger partial charge in [-0.25, -0.2) is 4.79 Å². The summed E-state index contributed by atoms with van der Waals surface area (Å²) in [6.45, 7) is 1.94. The van der Waals surface area contributed by atoms with Gasteiger partial charge in [-0.05, 0) is 36.3 Å². The molecule has 23 heavy (non-hydrogen) atoms. The van der Waals surface area contributed by atoms with Crippen molar-refractivity contribution in [1.29, 1.82) is 0 Å². The van der Waals surface area contributed by atoms with Gasteiger partial charge in [0.25, 0.3) is 0 Å². The molecule has 0 bridgehead atoms. The molecule has 4 nitrogen and oxygen atoms in total. The number of carbonyl (C=O) groups is 2. The van der Waals surface area contributed by atoms with E-state index in [0.29, 0.717) is 5.56 Å². The van der Waals surface area contributed by atoms with Gasteiger partial charge in [0.15, 0.2) is 0 Å². The van der Waals surface area contributed by atoms with Crippen molar-refractivity contribution >= 4 is 18.0 Å². The maximum absolute atomic E-state index is 11.9. The minimum Gasteiger partial charge on any atom is -0.465 e. The Hall–Kier alpha value is -2.88. The van der Waals surface area contributed by atoms with Crippen LogP contribution in [-0.2, 0) is 9.53 Å². The molecule has 0 spiro atoms. The molecule has 2 aromatic carbocycles. The second-order valence-electron chi connectivity index (χ2n) is 5.09. The molecular formula is C19H19NO3. The average molecular weight is 309 g/mol. The molecule has 2 rings (SSSR count). The van der Waals surface area contributed by atoms with Crippen LogP contribution in [0, 0.1) is 0 Å². The van der Waals surface area contributed by atoms with Crippen LogP contribution in [0.2, 0.25) is 0 Å². The lowest BCUT2D eigenvalue weighted by molar-refractivity contribution is -0.117. The SMILES string of the molecule is COC(=O)c1ccc(/C=C/C(=O)NC(C)c2ccccc2)cc1. The van der Waals surface area contributed by atoms with Gasteiger partial charge in [0, 0.05) is 6.08 Å². The molecule has 0 fully saturated rings. The van der Waals surface area contributed by atoms with Gasteiger partial charge in [-0.2, -0.15) is 0 Å². The smallest absolute Gasteiger partial charge is 0.337 e. The number of methoxy groups -OCH3 is 1. The van der Waals surface area contributed by atoms with Crippen LogP contribution in [0.4, 0.5) is 0 Å². The van der Waals surface area contributed by atoms with E-state index < -0.39 is 0 Å². The van der Waals surface area contributed by atoms with Crippen molar-refractivity contribution in [2.45, 2.75) is 13.0 Å². The van der Waals surface area contributed by atoms with Crippen molar-refractivity contribution in [2.24, 2.45) is 0 Å². The molecule has 0 aliphatic heterocycles. The van der Waals surface area contributed by atoms with Crippen LogP contribution in [-0.4, -0.2) is 19.0 Å². The zero-order valence-electron chi connectivity index (χ0n) is 13.2. The molecule has 0 saturated heterocycles. The summed E-state index contributed by atoms with van der Waals surface area (Å²) >= 11 is 0. The van der Waals surface area contributed by atoms with Crippen LogP contribution < -0.4 is 5.32 Å². The summed E-state index contributed by atoms with van der Waals surface area (Å²) in [4.78, 5) is 23.3. The Morgan fingerprint density at radius 1 is 1.04 bits per heavy atom. The lowest BCUT2D eigenvalue weighted by Crippen LogP contribution is -2.24. The first-order valence-corrected chi connectivity index (χ1v) is 7.32. The van der Waals surface area contributed by atoms with Gasteiger partial charge < -0.3 is 10.1 Å². The van der Waals surface area contributed by atoms with Crippen LogP contribution >= 0.6 is 0 Å². The number of amides is 1. The second-order valence-corrected chi connectivity index (χ2v) is 5.09. The highest BCUT2D eigenvalue weighted by atomic mass is 16.5. The third-order valence-corrected chi connectivity index (χ3v) is 3.42. The maximum atomic E-state index is 11.9. The quantitative estimate of drug-likeness (QED) is 0.680. The summed E-state index contributed by atoms with van der Waals surface area (Å²) in [5.74, 6) is -0.548. The summed E-state index contributed by atoms with van der Waals surface area (Å²) in [5, 5.41) is 2.91. The van der Waals surface area contributed by atoms with E-state index in [4.69, 9.17) is 0 Å². The predicted molar refractivity (Wildman–Crippen MR) is 89.8 cm³/mol. The minimum absolute atomic E-state index is 0.0601. The van der Waals surface area contributed by atoms with Gasteiger partial charge in [0.2, 0.25) is 5.91 Å². The Balaban J connectivity index is 1.94. The molecule has 1 atom stereocenters. The van der Waals surface area contributed by atoms with Crippen LogP contribution in [0.25, 0.3) is 6.08 Å². The first-order valence-electron chi connectivity index (χ1n) is 7.32. The van der Waals surface area contributed by atoms with Crippen LogP contribution in [0.3, 0.4) is 0 Å². The third kappa shape index (κ3) is 4.81.